The highest BCUT2D eigenvalue weighted by molar-refractivity contribution is 5.82. The average Bonchev–Trinajstić information content (AvgIpc) is 3.29. The lowest BCUT2D eigenvalue weighted by Gasteiger charge is -2.40. The molecule has 0 radical (unpaired) electrons. The van der Waals surface area contributed by atoms with Gasteiger partial charge in [-0.25, -0.2) is 0 Å². The molecule has 1 aromatic heterocycles. The number of rotatable bonds is 8. The molecular weight excluding hydrogens is 406 g/mol. The van der Waals surface area contributed by atoms with E-state index in [2.05, 4.69) is 99.8 Å². The van der Waals surface area contributed by atoms with Crippen molar-refractivity contribution in [1.29, 1.82) is 0 Å². The van der Waals surface area contributed by atoms with Crippen molar-refractivity contribution in [3.05, 3.63) is 102 Å². The molecule has 0 amide bonds. The third kappa shape index (κ3) is 4.97. The van der Waals surface area contributed by atoms with E-state index >= 15 is 0 Å². The Morgan fingerprint density at radius 2 is 1.52 bits per heavy atom. The molecule has 1 aliphatic rings. The molecular formula is C29H33N3O. The zero-order valence-corrected chi connectivity index (χ0v) is 19.4. The third-order valence-electron chi connectivity index (χ3n) is 6.91. The van der Waals surface area contributed by atoms with Gasteiger partial charge in [0.05, 0.1) is 13.2 Å². The van der Waals surface area contributed by atoms with E-state index in [1.165, 1.54) is 34.0 Å². The molecule has 1 aliphatic heterocycles. The Bertz CT molecular complexity index is 1140. The van der Waals surface area contributed by atoms with Gasteiger partial charge >= 0.3 is 0 Å². The average molecular weight is 440 g/mol. The van der Waals surface area contributed by atoms with Gasteiger partial charge in [0.15, 0.2) is 0 Å². The van der Waals surface area contributed by atoms with E-state index in [0.29, 0.717) is 0 Å². The van der Waals surface area contributed by atoms with Crippen LogP contribution in [0.15, 0.2) is 85.1 Å². The molecule has 0 saturated carbocycles. The molecule has 1 N–H and O–H groups in total. The van der Waals surface area contributed by atoms with Crippen LogP contribution >= 0.6 is 0 Å². The largest absolute Gasteiger partial charge is 0.497 e. The van der Waals surface area contributed by atoms with Gasteiger partial charge in [0.1, 0.15) is 5.75 Å². The summed E-state index contributed by atoms with van der Waals surface area (Å²) in [6, 6.07) is 28.4. The minimum absolute atomic E-state index is 0.283. The van der Waals surface area contributed by atoms with Crippen LogP contribution in [0.5, 0.6) is 5.75 Å². The van der Waals surface area contributed by atoms with Gasteiger partial charge in [0.2, 0.25) is 0 Å². The van der Waals surface area contributed by atoms with Gasteiger partial charge < -0.3 is 14.6 Å². The van der Waals surface area contributed by atoms with E-state index in [1.807, 2.05) is 0 Å². The van der Waals surface area contributed by atoms with E-state index in [9.17, 15) is 0 Å². The number of hydrogen-bond acceptors (Lipinski definition) is 3. The standard InChI is InChI=1S/C29H33N3O/c1-33-26-15-13-24(14-16-26)29(23-8-3-2-4-9-23)32-20-18-31(19-21-32)17-7-10-25-22-30-28-12-6-5-11-27(25)28/h2-6,8-9,11-16,22,29-30H,7,10,17-21H2,1H3/t29-/m1/s1. The Balaban J connectivity index is 1.20. The molecule has 33 heavy (non-hydrogen) atoms. The summed E-state index contributed by atoms with van der Waals surface area (Å²) in [5.74, 6) is 0.908. The fourth-order valence-corrected chi connectivity index (χ4v) is 5.11. The highest BCUT2D eigenvalue weighted by atomic mass is 16.5. The Kier molecular flexibility index (Phi) is 6.75. The topological polar surface area (TPSA) is 31.5 Å². The van der Waals surface area contributed by atoms with E-state index in [4.69, 9.17) is 4.74 Å². The number of methoxy groups -OCH3 is 1. The Morgan fingerprint density at radius 3 is 2.27 bits per heavy atom. The number of para-hydroxylation sites is 1. The zero-order chi connectivity index (χ0) is 22.5. The van der Waals surface area contributed by atoms with Crippen LogP contribution in [0.2, 0.25) is 0 Å². The summed E-state index contributed by atoms with van der Waals surface area (Å²) in [7, 11) is 1.72. The van der Waals surface area contributed by atoms with Gasteiger partial charge in [-0.2, -0.15) is 0 Å². The fraction of sp³-hybridized carbons (Fsp3) is 0.310. The molecule has 4 nitrogen and oxygen atoms in total. The van der Waals surface area contributed by atoms with Crippen LogP contribution in [0.4, 0.5) is 0 Å². The van der Waals surface area contributed by atoms with E-state index in [1.54, 1.807) is 7.11 Å². The fourth-order valence-electron chi connectivity index (χ4n) is 5.11. The molecule has 170 valence electrons. The lowest BCUT2D eigenvalue weighted by atomic mass is 9.96. The third-order valence-corrected chi connectivity index (χ3v) is 6.91. The van der Waals surface area contributed by atoms with Crippen molar-refractivity contribution in [1.82, 2.24) is 14.8 Å². The summed E-state index contributed by atoms with van der Waals surface area (Å²) in [5, 5.41) is 1.37. The number of aromatic nitrogens is 1. The molecule has 0 bridgehead atoms. The highest BCUT2D eigenvalue weighted by Crippen LogP contribution is 2.31. The van der Waals surface area contributed by atoms with E-state index in [0.717, 1.165) is 44.9 Å². The van der Waals surface area contributed by atoms with Crippen LogP contribution in [0.3, 0.4) is 0 Å². The monoisotopic (exact) mass is 439 g/mol. The van der Waals surface area contributed by atoms with E-state index < -0.39 is 0 Å². The maximum atomic E-state index is 5.38. The van der Waals surface area contributed by atoms with Gasteiger partial charge in [-0.15, -0.1) is 0 Å². The van der Waals surface area contributed by atoms with Gasteiger partial charge in [0.25, 0.3) is 0 Å². The quantitative estimate of drug-likeness (QED) is 0.392. The first kappa shape index (κ1) is 21.7. The molecule has 1 fully saturated rings. The zero-order valence-electron chi connectivity index (χ0n) is 19.4. The van der Waals surface area contributed by atoms with Crippen LogP contribution in [0, 0.1) is 0 Å². The van der Waals surface area contributed by atoms with Gasteiger partial charge in [-0.1, -0.05) is 60.7 Å². The molecule has 0 aliphatic carbocycles. The Morgan fingerprint density at radius 1 is 0.818 bits per heavy atom. The summed E-state index contributed by atoms with van der Waals surface area (Å²) in [6.45, 7) is 5.56. The first-order valence-electron chi connectivity index (χ1n) is 12.0. The van der Waals surface area contributed by atoms with Crippen molar-refractivity contribution >= 4 is 10.9 Å². The summed E-state index contributed by atoms with van der Waals surface area (Å²) in [4.78, 5) is 8.66. The van der Waals surface area contributed by atoms with Crippen molar-refractivity contribution in [3.8, 4) is 5.75 Å². The Labute approximate surface area is 196 Å². The SMILES string of the molecule is COc1ccc([C@@H](c2ccccc2)N2CCN(CCCc3c[nH]c4ccccc34)CC2)cc1. The normalized spacial score (nSPS) is 16.2. The van der Waals surface area contributed by atoms with Crippen molar-refractivity contribution in [2.45, 2.75) is 18.9 Å². The second kappa shape index (κ2) is 10.2. The number of piperazine rings is 1. The number of aryl methyl sites for hydroxylation is 1. The van der Waals surface area contributed by atoms with Crippen molar-refractivity contribution in [2.75, 3.05) is 39.8 Å². The second-order valence-corrected chi connectivity index (χ2v) is 8.93. The number of benzene rings is 3. The van der Waals surface area contributed by atoms with Crippen LogP contribution in [0.25, 0.3) is 10.9 Å². The molecule has 3 aromatic carbocycles. The molecule has 1 saturated heterocycles. The van der Waals surface area contributed by atoms with Crippen LogP contribution in [-0.4, -0.2) is 54.6 Å². The number of hydrogen-bond donors (Lipinski definition) is 1. The highest BCUT2D eigenvalue weighted by Gasteiger charge is 2.26. The second-order valence-electron chi connectivity index (χ2n) is 8.93. The number of ether oxygens (including phenoxy) is 1. The van der Waals surface area contributed by atoms with Gasteiger partial charge in [-0.05, 0) is 54.3 Å². The molecule has 5 rings (SSSR count). The summed E-state index contributed by atoms with van der Waals surface area (Å²) >= 11 is 0. The molecule has 1 atom stereocenters. The summed E-state index contributed by atoms with van der Waals surface area (Å²) in [6.07, 6.45) is 4.51. The predicted molar refractivity (Wildman–Crippen MR) is 136 cm³/mol. The number of H-pyrrole nitrogens is 1. The van der Waals surface area contributed by atoms with E-state index in [-0.39, 0.29) is 6.04 Å². The van der Waals surface area contributed by atoms with Gasteiger partial charge in [0, 0.05) is 43.3 Å². The summed E-state index contributed by atoms with van der Waals surface area (Å²) < 4.78 is 5.38. The molecule has 4 aromatic rings. The van der Waals surface area contributed by atoms with Crippen LogP contribution < -0.4 is 4.74 Å². The van der Waals surface area contributed by atoms with Crippen LogP contribution in [-0.2, 0) is 6.42 Å². The first-order chi connectivity index (χ1) is 16.3. The minimum Gasteiger partial charge on any atom is -0.497 e. The minimum atomic E-state index is 0.283. The molecule has 0 unspecified atom stereocenters. The number of nitrogens with one attached hydrogen (secondary N) is 1. The van der Waals surface area contributed by atoms with Crippen molar-refractivity contribution in [3.63, 3.8) is 0 Å². The predicted octanol–water partition coefficient (Wildman–Crippen LogP) is 5.52. The molecule has 0 spiro atoms. The lowest BCUT2D eigenvalue weighted by Crippen LogP contribution is -2.48. The maximum Gasteiger partial charge on any atom is 0.118 e. The molecule has 4 heteroatoms. The first-order valence-corrected chi connectivity index (χ1v) is 12.0. The number of aromatic amines is 1. The molecule has 2 heterocycles. The summed E-state index contributed by atoms with van der Waals surface area (Å²) in [5.41, 5.74) is 5.37. The lowest BCUT2D eigenvalue weighted by molar-refractivity contribution is 0.109. The smallest absolute Gasteiger partial charge is 0.118 e. The van der Waals surface area contributed by atoms with Gasteiger partial charge in [-0.3, -0.25) is 4.90 Å². The Hall–Kier alpha value is -3.08. The van der Waals surface area contributed by atoms with Crippen LogP contribution in [0.1, 0.15) is 29.2 Å². The van der Waals surface area contributed by atoms with Crippen molar-refractivity contribution in [2.24, 2.45) is 0 Å². The number of nitrogens with zero attached hydrogens (tertiary/aromatic N) is 2. The maximum absolute atomic E-state index is 5.38. The van der Waals surface area contributed by atoms with Crippen molar-refractivity contribution < 1.29 is 4.74 Å². The number of fused-ring (bicyclic) bond motifs is 1.